The van der Waals surface area contributed by atoms with Crippen molar-refractivity contribution in [1.29, 1.82) is 5.41 Å². The van der Waals surface area contributed by atoms with E-state index in [9.17, 15) is 22.8 Å². The predicted octanol–water partition coefficient (Wildman–Crippen LogP) is 3.34. The van der Waals surface area contributed by atoms with E-state index in [0.717, 1.165) is 19.1 Å². The number of halogens is 3. The Morgan fingerprint density at radius 2 is 2.00 bits per heavy atom. The molecule has 0 aliphatic carbocycles. The first kappa shape index (κ1) is 28.5. The summed E-state index contributed by atoms with van der Waals surface area (Å²) in [5.41, 5.74) is 3.06. The average Bonchev–Trinajstić information content (AvgIpc) is 3.36. The van der Waals surface area contributed by atoms with Crippen molar-refractivity contribution in [1.82, 2.24) is 30.5 Å². The molecule has 1 fully saturated rings. The van der Waals surface area contributed by atoms with Crippen LogP contribution in [-0.4, -0.2) is 70.8 Å². The van der Waals surface area contributed by atoms with Crippen molar-refractivity contribution in [3.05, 3.63) is 54.5 Å². The quantitative estimate of drug-likeness (QED) is 0.255. The van der Waals surface area contributed by atoms with Crippen LogP contribution < -0.4 is 21.3 Å². The lowest BCUT2D eigenvalue weighted by Crippen LogP contribution is -2.46. The molecule has 11 nitrogen and oxygen atoms in total. The number of rotatable bonds is 9. The Labute approximate surface area is 227 Å². The van der Waals surface area contributed by atoms with Gasteiger partial charge in [0.05, 0.1) is 18.1 Å². The first-order chi connectivity index (χ1) is 19.1. The number of benzene rings is 1. The molecule has 3 heterocycles. The number of aromatic nitrogens is 3. The van der Waals surface area contributed by atoms with E-state index in [-0.39, 0.29) is 11.9 Å². The van der Waals surface area contributed by atoms with Crippen LogP contribution in [0.2, 0.25) is 0 Å². The van der Waals surface area contributed by atoms with Crippen LogP contribution in [0.15, 0.2) is 48.9 Å². The van der Waals surface area contributed by atoms with Gasteiger partial charge in [0.1, 0.15) is 12.6 Å². The number of nitrogens with one attached hydrogen (secondary N) is 5. The molecular weight excluding hydrogens is 529 g/mol. The van der Waals surface area contributed by atoms with Gasteiger partial charge in [-0.25, -0.2) is 14.3 Å². The van der Waals surface area contributed by atoms with E-state index >= 15 is 0 Å². The molecule has 0 bridgehead atoms. The molecule has 40 heavy (non-hydrogen) atoms. The summed E-state index contributed by atoms with van der Waals surface area (Å²) < 4.78 is 43.9. The third-order valence-electron chi connectivity index (χ3n) is 6.17. The number of ether oxygens (including phenoxy) is 1. The fourth-order valence-electron chi connectivity index (χ4n) is 4.01. The molecule has 1 aromatic carbocycles. The maximum absolute atomic E-state index is 12.5. The number of hydrogen-bond donors (Lipinski definition) is 5. The highest BCUT2D eigenvalue weighted by atomic mass is 19.4. The summed E-state index contributed by atoms with van der Waals surface area (Å²) in [4.78, 5) is 28.7. The molecule has 0 radical (unpaired) electrons. The first-order valence-corrected chi connectivity index (χ1v) is 12.5. The minimum atomic E-state index is -4.51. The number of fused-ring (bicyclic) bond motifs is 1. The van der Waals surface area contributed by atoms with Crippen molar-refractivity contribution >= 4 is 35.1 Å². The third-order valence-corrected chi connectivity index (χ3v) is 6.17. The molecule has 3 aromatic rings. The van der Waals surface area contributed by atoms with Gasteiger partial charge >= 0.3 is 12.2 Å². The zero-order valence-electron chi connectivity index (χ0n) is 21.6. The van der Waals surface area contributed by atoms with Crippen LogP contribution in [0.4, 0.5) is 23.7 Å². The second kappa shape index (κ2) is 12.6. The SMILES string of the molecule is CC(N/C=C(\C=N)c1cnn2c(-c3cccc(NC(=O)NCC(F)(F)F)c3)cnc2c1)C(=O)NC1CCOCC1. The van der Waals surface area contributed by atoms with E-state index < -0.39 is 24.8 Å². The normalized spacial score (nSPS) is 15.3. The largest absolute Gasteiger partial charge is 0.405 e. The standard InChI is InChI=1S/C26H29F3N8O3/c1-16(24(38)35-20-5-7-40-8-6-20)31-12-19(11-30)18-10-23-32-14-22(37(23)34-13-18)17-3-2-4-21(9-17)36-25(39)33-15-26(27,28)29/h2-4,9-14,16,20,30-31H,5-8,15H2,1H3,(H,35,38)(H2,33,36,39)/b19-12+,30-11?. The van der Waals surface area contributed by atoms with Gasteiger partial charge in [-0.2, -0.15) is 18.3 Å². The van der Waals surface area contributed by atoms with Gasteiger partial charge in [-0.3, -0.25) is 4.79 Å². The molecule has 1 aliphatic rings. The van der Waals surface area contributed by atoms with Crippen molar-refractivity contribution < 1.29 is 27.5 Å². The van der Waals surface area contributed by atoms with E-state index in [1.54, 1.807) is 65.7 Å². The number of carbonyl (C=O) groups excluding carboxylic acids is 2. The maximum Gasteiger partial charge on any atom is 0.405 e. The molecule has 3 amide bonds. The van der Waals surface area contributed by atoms with Gasteiger partial charge < -0.3 is 31.4 Å². The lowest BCUT2D eigenvalue weighted by Gasteiger charge is -2.24. The van der Waals surface area contributed by atoms with E-state index in [1.807, 2.05) is 0 Å². The molecule has 1 unspecified atom stereocenters. The first-order valence-electron chi connectivity index (χ1n) is 12.5. The van der Waals surface area contributed by atoms with Crippen LogP contribution in [0.5, 0.6) is 0 Å². The molecule has 1 aliphatic heterocycles. The number of imidazole rings is 1. The monoisotopic (exact) mass is 558 g/mol. The summed E-state index contributed by atoms with van der Waals surface area (Å²) in [5.74, 6) is -0.145. The molecule has 212 valence electrons. The van der Waals surface area contributed by atoms with Crippen molar-refractivity contribution in [2.45, 2.75) is 38.0 Å². The number of carbonyl (C=O) groups is 2. The lowest BCUT2D eigenvalue weighted by molar-refractivity contribution is -0.124. The molecule has 2 aromatic heterocycles. The summed E-state index contributed by atoms with van der Waals surface area (Å²) in [6.07, 6.45) is 2.89. The number of allylic oxidation sites excluding steroid dienone is 1. The van der Waals surface area contributed by atoms with E-state index in [0.29, 0.717) is 46.9 Å². The Morgan fingerprint density at radius 3 is 2.73 bits per heavy atom. The highest BCUT2D eigenvalue weighted by molar-refractivity contribution is 6.08. The van der Waals surface area contributed by atoms with Crippen molar-refractivity contribution in [3.63, 3.8) is 0 Å². The Hall–Kier alpha value is -4.46. The van der Waals surface area contributed by atoms with Gasteiger partial charge in [-0.1, -0.05) is 12.1 Å². The summed E-state index contributed by atoms with van der Waals surface area (Å²) in [7, 11) is 0. The average molecular weight is 559 g/mol. The van der Waals surface area contributed by atoms with Gasteiger partial charge in [0.25, 0.3) is 0 Å². The summed E-state index contributed by atoms with van der Waals surface area (Å²) in [6, 6.07) is 6.83. The zero-order valence-corrected chi connectivity index (χ0v) is 21.6. The molecule has 0 saturated carbocycles. The van der Waals surface area contributed by atoms with Crippen molar-refractivity contribution in [2.75, 3.05) is 25.1 Å². The molecule has 14 heteroatoms. The van der Waals surface area contributed by atoms with Gasteiger partial charge in [0, 0.05) is 54.1 Å². The lowest BCUT2D eigenvalue weighted by atomic mass is 10.1. The Bertz CT molecular complexity index is 1400. The van der Waals surface area contributed by atoms with Crippen LogP contribution in [0.25, 0.3) is 22.5 Å². The topological polar surface area (TPSA) is 146 Å². The zero-order chi connectivity index (χ0) is 28.7. The van der Waals surface area contributed by atoms with Gasteiger partial charge in [-0.05, 0) is 38.0 Å². The highest BCUT2D eigenvalue weighted by Crippen LogP contribution is 2.24. The smallest absolute Gasteiger partial charge is 0.381 e. The molecule has 1 atom stereocenters. The Morgan fingerprint density at radius 1 is 1.23 bits per heavy atom. The van der Waals surface area contributed by atoms with Crippen molar-refractivity contribution in [2.24, 2.45) is 0 Å². The summed E-state index contributed by atoms with van der Waals surface area (Å²) in [6.45, 7) is 1.54. The predicted molar refractivity (Wildman–Crippen MR) is 143 cm³/mol. The molecule has 5 N–H and O–H groups in total. The summed E-state index contributed by atoms with van der Waals surface area (Å²) >= 11 is 0. The number of amides is 3. The second-order valence-electron chi connectivity index (χ2n) is 9.19. The summed E-state index contributed by atoms with van der Waals surface area (Å²) in [5, 5.41) is 22.4. The van der Waals surface area contributed by atoms with Gasteiger partial charge in [0.2, 0.25) is 5.91 Å². The number of hydrogen-bond acceptors (Lipinski definition) is 7. The molecular formula is C26H29F3N8O3. The number of anilines is 1. The van der Waals surface area contributed by atoms with Gasteiger partial charge in [-0.15, -0.1) is 0 Å². The highest BCUT2D eigenvalue weighted by Gasteiger charge is 2.27. The number of nitrogens with zero attached hydrogens (tertiary/aromatic N) is 3. The molecule has 0 spiro atoms. The Kier molecular flexibility index (Phi) is 8.99. The van der Waals surface area contributed by atoms with Crippen LogP contribution in [-0.2, 0) is 9.53 Å². The number of alkyl halides is 3. The van der Waals surface area contributed by atoms with Gasteiger partial charge in [0.15, 0.2) is 5.65 Å². The maximum atomic E-state index is 12.5. The van der Waals surface area contributed by atoms with Crippen LogP contribution in [0.1, 0.15) is 25.3 Å². The van der Waals surface area contributed by atoms with Crippen LogP contribution in [0, 0.1) is 5.41 Å². The van der Waals surface area contributed by atoms with E-state index in [1.165, 1.54) is 0 Å². The minimum absolute atomic E-state index is 0.0842. The fourth-order valence-corrected chi connectivity index (χ4v) is 4.01. The Balaban J connectivity index is 1.44. The molecule has 4 rings (SSSR count). The molecule has 1 saturated heterocycles. The second-order valence-corrected chi connectivity index (χ2v) is 9.19. The van der Waals surface area contributed by atoms with Crippen LogP contribution >= 0.6 is 0 Å². The minimum Gasteiger partial charge on any atom is -0.381 e. The van der Waals surface area contributed by atoms with Crippen LogP contribution in [0.3, 0.4) is 0 Å². The number of urea groups is 1. The van der Waals surface area contributed by atoms with Crippen molar-refractivity contribution in [3.8, 4) is 11.3 Å². The fraction of sp³-hybridized carbons (Fsp3) is 0.346. The van der Waals surface area contributed by atoms with E-state index in [4.69, 9.17) is 10.1 Å². The van der Waals surface area contributed by atoms with E-state index in [2.05, 4.69) is 26.0 Å². The third kappa shape index (κ3) is 7.56.